The molecule has 0 saturated carbocycles. The van der Waals surface area contributed by atoms with Crippen LogP contribution in [0, 0.1) is 0 Å². The van der Waals surface area contributed by atoms with Crippen LogP contribution in [0.5, 0.6) is 5.75 Å². The molecule has 0 aliphatic carbocycles. The van der Waals surface area contributed by atoms with Gasteiger partial charge in [0.2, 0.25) is 0 Å². The summed E-state index contributed by atoms with van der Waals surface area (Å²) in [5.74, 6) is 0.142. The molecule has 0 radical (unpaired) electrons. The van der Waals surface area contributed by atoms with Crippen molar-refractivity contribution in [2.24, 2.45) is 0 Å². The Balaban J connectivity index is 1.78. The summed E-state index contributed by atoms with van der Waals surface area (Å²) in [4.78, 5) is 26.8. The zero-order chi connectivity index (χ0) is 18.5. The number of benzene rings is 2. The van der Waals surface area contributed by atoms with Crippen LogP contribution in [-0.2, 0) is 4.74 Å². The van der Waals surface area contributed by atoms with Gasteiger partial charge in [-0.25, -0.2) is 0 Å². The lowest BCUT2D eigenvalue weighted by Gasteiger charge is -2.27. The first-order valence-corrected chi connectivity index (χ1v) is 8.58. The standard InChI is InChI=1S/C19H19ClN2O4/c1-25-15-4-2-3-13(11-15)18(23)21-17-12-14(5-6-16(17)20)19(24)22-7-9-26-10-8-22/h2-6,11-12H,7-10H2,1H3,(H,21,23). The van der Waals surface area contributed by atoms with Gasteiger partial charge in [0, 0.05) is 24.2 Å². The maximum atomic E-state index is 12.6. The van der Waals surface area contributed by atoms with E-state index in [0.717, 1.165) is 0 Å². The first kappa shape index (κ1) is 18.2. The van der Waals surface area contributed by atoms with Gasteiger partial charge in [0.15, 0.2) is 0 Å². The molecule has 6 nitrogen and oxygen atoms in total. The van der Waals surface area contributed by atoms with E-state index in [4.69, 9.17) is 21.1 Å². The molecule has 0 spiro atoms. The van der Waals surface area contributed by atoms with Crippen molar-refractivity contribution in [1.82, 2.24) is 4.90 Å². The third-order valence-electron chi connectivity index (χ3n) is 4.09. The fourth-order valence-corrected chi connectivity index (χ4v) is 2.83. The summed E-state index contributed by atoms with van der Waals surface area (Å²) in [6, 6.07) is 11.6. The highest BCUT2D eigenvalue weighted by atomic mass is 35.5. The van der Waals surface area contributed by atoms with Gasteiger partial charge in [0.25, 0.3) is 11.8 Å². The lowest BCUT2D eigenvalue weighted by Crippen LogP contribution is -2.40. The summed E-state index contributed by atoms with van der Waals surface area (Å²) in [6.07, 6.45) is 0. The van der Waals surface area contributed by atoms with Crippen molar-refractivity contribution in [3.05, 3.63) is 58.6 Å². The number of hydrogen-bond donors (Lipinski definition) is 1. The summed E-state index contributed by atoms with van der Waals surface area (Å²) in [5, 5.41) is 3.12. The molecule has 2 aromatic rings. The zero-order valence-electron chi connectivity index (χ0n) is 14.3. The third-order valence-corrected chi connectivity index (χ3v) is 4.42. The average molecular weight is 375 g/mol. The van der Waals surface area contributed by atoms with Gasteiger partial charge in [0.05, 0.1) is 31.0 Å². The molecule has 1 saturated heterocycles. The Bertz CT molecular complexity index is 819. The van der Waals surface area contributed by atoms with Crippen molar-refractivity contribution >= 4 is 29.1 Å². The van der Waals surface area contributed by atoms with E-state index < -0.39 is 0 Å². The molecule has 7 heteroatoms. The monoisotopic (exact) mass is 374 g/mol. The smallest absolute Gasteiger partial charge is 0.255 e. The molecule has 1 aliphatic rings. The third kappa shape index (κ3) is 4.15. The van der Waals surface area contributed by atoms with Crippen molar-refractivity contribution in [3.63, 3.8) is 0 Å². The SMILES string of the molecule is COc1cccc(C(=O)Nc2cc(C(=O)N3CCOCC3)ccc2Cl)c1. The molecule has 1 fully saturated rings. The molecule has 0 unspecified atom stereocenters. The van der Waals surface area contributed by atoms with Crippen LogP contribution in [0.15, 0.2) is 42.5 Å². The lowest BCUT2D eigenvalue weighted by atomic mass is 10.1. The number of anilines is 1. The maximum absolute atomic E-state index is 12.6. The Kier molecular flexibility index (Phi) is 5.75. The summed E-state index contributed by atoms with van der Waals surface area (Å²) < 4.78 is 10.4. The fourth-order valence-electron chi connectivity index (χ4n) is 2.66. The van der Waals surface area contributed by atoms with Gasteiger partial charge in [-0.1, -0.05) is 17.7 Å². The van der Waals surface area contributed by atoms with Gasteiger partial charge in [0.1, 0.15) is 5.75 Å². The molecular formula is C19H19ClN2O4. The molecule has 1 heterocycles. The summed E-state index contributed by atoms with van der Waals surface area (Å²) >= 11 is 6.19. The molecule has 0 bridgehead atoms. The molecule has 0 aromatic heterocycles. The van der Waals surface area contributed by atoms with Crippen LogP contribution in [0.3, 0.4) is 0 Å². The van der Waals surface area contributed by atoms with E-state index in [-0.39, 0.29) is 11.8 Å². The quantitative estimate of drug-likeness (QED) is 0.893. The molecule has 136 valence electrons. The summed E-state index contributed by atoms with van der Waals surface area (Å²) in [7, 11) is 1.54. The van der Waals surface area contributed by atoms with Crippen molar-refractivity contribution in [2.75, 3.05) is 38.7 Å². The molecular weight excluding hydrogens is 356 g/mol. The highest BCUT2D eigenvalue weighted by Crippen LogP contribution is 2.25. The molecule has 26 heavy (non-hydrogen) atoms. The maximum Gasteiger partial charge on any atom is 0.255 e. The Morgan fingerprint density at radius 2 is 1.88 bits per heavy atom. The van der Waals surface area contributed by atoms with Crippen molar-refractivity contribution < 1.29 is 19.1 Å². The van der Waals surface area contributed by atoms with Crippen LogP contribution in [0.25, 0.3) is 0 Å². The molecule has 1 aliphatic heterocycles. The van der Waals surface area contributed by atoms with Gasteiger partial charge >= 0.3 is 0 Å². The number of halogens is 1. The minimum Gasteiger partial charge on any atom is -0.497 e. The minimum absolute atomic E-state index is 0.109. The van der Waals surface area contributed by atoms with Gasteiger partial charge in [-0.05, 0) is 36.4 Å². The largest absolute Gasteiger partial charge is 0.497 e. The number of rotatable bonds is 4. The number of carbonyl (C=O) groups is 2. The topological polar surface area (TPSA) is 67.9 Å². The Hall–Kier alpha value is -2.57. The van der Waals surface area contributed by atoms with Crippen molar-refractivity contribution in [3.8, 4) is 5.75 Å². The van der Waals surface area contributed by atoms with E-state index in [1.807, 2.05) is 0 Å². The highest BCUT2D eigenvalue weighted by Gasteiger charge is 2.20. The number of hydrogen-bond acceptors (Lipinski definition) is 4. The van der Waals surface area contributed by atoms with E-state index >= 15 is 0 Å². The number of nitrogens with zero attached hydrogens (tertiary/aromatic N) is 1. The van der Waals surface area contributed by atoms with Crippen LogP contribution < -0.4 is 10.1 Å². The number of methoxy groups -OCH3 is 1. The number of nitrogens with one attached hydrogen (secondary N) is 1. The van der Waals surface area contributed by atoms with E-state index in [0.29, 0.717) is 53.9 Å². The van der Waals surface area contributed by atoms with Gasteiger partial charge in [-0.15, -0.1) is 0 Å². The second-order valence-corrected chi connectivity index (χ2v) is 6.19. The highest BCUT2D eigenvalue weighted by molar-refractivity contribution is 6.34. The molecule has 1 N–H and O–H groups in total. The Labute approximate surface area is 156 Å². The van der Waals surface area contributed by atoms with E-state index in [9.17, 15) is 9.59 Å². The Morgan fingerprint density at radius 3 is 2.62 bits per heavy atom. The first-order chi connectivity index (χ1) is 12.6. The van der Waals surface area contributed by atoms with Gasteiger partial charge in [-0.2, -0.15) is 0 Å². The minimum atomic E-state index is -0.332. The molecule has 0 atom stereocenters. The van der Waals surface area contributed by atoms with Gasteiger partial charge in [-0.3, -0.25) is 9.59 Å². The molecule has 3 rings (SSSR count). The molecule has 2 aromatic carbocycles. The van der Waals surface area contributed by atoms with Crippen LogP contribution in [-0.4, -0.2) is 50.1 Å². The lowest BCUT2D eigenvalue weighted by molar-refractivity contribution is 0.0303. The van der Waals surface area contributed by atoms with E-state index in [1.165, 1.54) is 7.11 Å². The predicted octanol–water partition coefficient (Wildman–Crippen LogP) is 3.07. The number of morpholine rings is 1. The second kappa shape index (κ2) is 8.21. The van der Waals surface area contributed by atoms with Crippen LogP contribution in [0.4, 0.5) is 5.69 Å². The first-order valence-electron chi connectivity index (χ1n) is 8.20. The van der Waals surface area contributed by atoms with E-state index in [1.54, 1.807) is 47.4 Å². The van der Waals surface area contributed by atoms with Crippen LogP contribution >= 0.6 is 11.6 Å². The second-order valence-electron chi connectivity index (χ2n) is 5.79. The van der Waals surface area contributed by atoms with Crippen molar-refractivity contribution in [2.45, 2.75) is 0 Å². The molecule has 2 amide bonds. The predicted molar refractivity (Wildman–Crippen MR) is 99.1 cm³/mol. The zero-order valence-corrected chi connectivity index (χ0v) is 15.1. The normalized spacial score (nSPS) is 14.0. The average Bonchev–Trinajstić information content (AvgIpc) is 2.69. The summed E-state index contributed by atoms with van der Waals surface area (Å²) in [5.41, 5.74) is 1.29. The number of carbonyl (C=O) groups excluding carboxylic acids is 2. The van der Waals surface area contributed by atoms with E-state index in [2.05, 4.69) is 5.32 Å². The van der Waals surface area contributed by atoms with Crippen molar-refractivity contribution in [1.29, 1.82) is 0 Å². The van der Waals surface area contributed by atoms with Crippen LogP contribution in [0.2, 0.25) is 5.02 Å². The van der Waals surface area contributed by atoms with Crippen LogP contribution in [0.1, 0.15) is 20.7 Å². The van der Waals surface area contributed by atoms with Gasteiger partial charge < -0.3 is 19.7 Å². The fraction of sp³-hybridized carbons (Fsp3) is 0.263. The Morgan fingerprint density at radius 1 is 1.12 bits per heavy atom. The summed E-state index contributed by atoms with van der Waals surface area (Å²) in [6.45, 7) is 2.15. The number of amides is 2. The number of ether oxygens (including phenoxy) is 2.